The first-order chi connectivity index (χ1) is 13.5. The maximum Gasteiger partial charge on any atom is 0.254 e. The molecule has 1 amide bonds. The van der Waals surface area contributed by atoms with E-state index in [1.54, 1.807) is 48.3 Å². The zero-order valence-corrected chi connectivity index (χ0v) is 15.6. The molecule has 1 N–H and O–H groups in total. The minimum atomic E-state index is -0.232. The lowest BCUT2D eigenvalue weighted by Gasteiger charge is -2.20. The monoisotopic (exact) mass is 377 g/mol. The van der Waals surface area contributed by atoms with Crippen LogP contribution >= 0.6 is 0 Å². The lowest BCUT2D eigenvalue weighted by atomic mass is 9.89. The van der Waals surface area contributed by atoms with Gasteiger partial charge in [-0.3, -0.25) is 9.59 Å². The standard InChI is InChI=1S/C22H19NO5/c1-3-23(2)22(26)16-10-14-6-9-18-21(28-12-27-18)20(14)19(17(16)11-24)13-4-7-15(25)8-5-13/h4-11,25H,3,12H2,1-2H3. The summed E-state index contributed by atoms with van der Waals surface area (Å²) in [6.07, 6.45) is 0.702. The van der Waals surface area contributed by atoms with Crippen LogP contribution in [0.25, 0.3) is 21.9 Å². The molecule has 0 aliphatic carbocycles. The molecule has 1 heterocycles. The molecule has 0 fully saturated rings. The molecule has 0 aromatic heterocycles. The van der Waals surface area contributed by atoms with E-state index in [9.17, 15) is 14.7 Å². The molecule has 0 bridgehead atoms. The number of carbonyl (C=O) groups is 2. The van der Waals surface area contributed by atoms with E-state index in [0.29, 0.717) is 46.4 Å². The van der Waals surface area contributed by atoms with Gasteiger partial charge < -0.3 is 19.5 Å². The van der Waals surface area contributed by atoms with Gasteiger partial charge in [0.25, 0.3) is 5.91 Å². The molecule has 0 radical (unpaired) electrons. The molecule has 142 valence electrons. The number of hydrogen-bond acceptors (Lipinski definition) is 5. The van der Waals surface area contributed by atoms with E-state index < -0.39 is 0 Å². The Hall–Kier alpha value is -3.54. The Kier molecular flexibility index (Phi) is 4.39. The Bertz CT molecular complexity index is 1090. The first-order valence-corrected chi connectivity index (χ1v) is 8.94. The first kappa shape index (κ1) is 17.9. The van der Waals surface area contributed by atoms with E-state index >= 15 is 0 Å². The molecule has 6 nitrogen and oxygen atoms in total. The predicted octanol–water partition coefficient (Wildman–Crippen LogP) is 3.85. The van der Waals surface area contributed by atoms with Crippen molar-refractivity contribution in [3.05, 3.63) is 53.6 Å². The first-order valence-electron chi connectivity index (χ1n) is 8.94. The second kappa shape index (κ2) is 6.88. The SMILES string of the molecule is CCN(C)C(=O)c1cc2ccc3c(c2c(-c2ccc(O)cc2)c1C=O)OCO3. The number of amides is 1. The average molecular weight is 377 g/mol. The molecule has 0 saturated heterocycles. The fourth-order valence-corrected chi connectivity index (χ4v) is 3.44. The largest absolute Gasteiger partial charge is 0.508 e. The van der Waals surface area contributed by atoms with Crippen LogP contribution in [0.3, 0.4) is 0 Å². The summed E-state index contributed by atoms with van der Waals surface area (Å²) in [5, 5.41) is 11.1. The summed E-state index contributed by atoms with van der Waals surface area (Å²) in [4.78, 5) is 26.7. The van der Waals surface area contributed by atoms with Gasteiger partial charge in [-0.05, 0) is 42.1 Å². The number of nitrogens with zero attached hydrogens (tertiary/aromatic N) is 1. The van der Waals surface area contributed by atoms with Crippen LogP contribution < -0.4 is 9.47 Å². The van der Waals surface area contributed by atoms with E-state index in [2.05, 4.69) is 0 Å². The lowest BCUT2D eigenvalue weighted by molar-refractivity contribution is 0.0799. The molecule has 28 heavy (non-hydrogen) atoms. The van der Waals surface area contributed by atoms with Crippen molar-refractivity contribution in [3.8, 4) is 28.4 Å². The van der Waals surface area contributed by atoms with Gasteiger partial charge in [-0.2, -0.15) is 0 Å². The van der Waals surface area contributed by atoms with Gasteiger partial charge in [0.2, 0.25) is 6.79 Å². The molecule has 3 aromatic rings. The molecule has 0 atom stereocenters. The van der Waals surface area contributed by atoms with Crippen LogP contribution in [-0.2, 0) is 0 Å². The van der Waals surface area contributed by atoms with Crippen LogP contribution in [0.2, 0.25) is 0 Å². The molecule has 4 rings (SSSR count). The number of ether oxygens (including phenoxy) is 2. The molecular weight excluding hydrogens is 358 g/mol. The number of aldehydes is 1. The van der Waals surface area contributed by atoms with Crippen molar-refractivity contribution in [2.24, 2.45) is 0 Å². The number of phenolic OH excluding ortho intramolecular Hbond substituents is 1. The molecule has 6 heteroatoms. The van der Waals surface area contributed by atoms with E-state index in [1.807, 2.05) is 13.0 Å². The summed E-state index contributed by atoms with van der Waals surface area (Å²) in [7, 11) is 1.70. The Morgan fingerprint density at radius 1 is 1.18 bits per heavy atom. The highest BCUT2D eigenvalue weighted by Gasteiger charge is 2.26. The van der Waals surface area contributed by atoms with Gasteiger partial charge in [-0.25, -0.2) is 0 Å². The van der Waals surface area contributed by atoms with Gasteiger partial charge in [0, 0.05) is 30.1 Å². The lowest BCUT2D eigenvalue weighted by Crippen LogP contribution is -2.27. The third-order valence-electron chi connectivity index (χ3n) is 5.01. The van der Waals surface area contributed by atoms with E-state index in [1.165, 1.54) is 0 Å². The summed E-state index contributed by atoms with van der Waals surface area (Å²) in [6, 6.07) is 11.9. The molecule has 0 saturated carbocycles. The highest BCUT2D eigenvalue weighted by atomic mass is 16.7. The van der Waals surface area contributed by atoms with E-state index in [0.717, 1.165) is 5.39 Å². The predicted molar refractivity (Wildman–Crippen MR) is 105 cm³/mol. The number of hydrogen-bond donors (Lipinski definition) is 1. The minimum absolute atomic E-state index is 0.0964. The van der Waals surface area contributed by atoms with Crippen molar-refractivity contribution in [3.63, 3.8) is 0 Å². The molecule has 3 aromatic carbocycles. The van der Waals surface area contributed by atoms with Crippen molar-refractivity contribution in [2.75, 3.05) is 20.4 Å². The van der Waals surface area contributed by atoms with Crippen molar-refractivity contribution in [2.45, 2.75) is 6.92 Å². The van der Waals surface area contributed by atoms with Gasteiger partial charge in [-0.1, -0.05) is 18.2 Å². The van der Waals surface area contributed by atoms with Crippen LogP contribution in [-0.4, -0.2) is 42.6 Å². The average Bonchev–Trinajstić information content (AvgIpc) is 3.20. The summed E-state index contributed by atoms with van der Waals surface area (Å²) in [5.41, 5.74) is 1.89. The molecule has 1 aliphatic rings. The summed E-state index contributed by atoms with van der Waals surface area (Å²) < 4.78 is 11.2. The fourth-order valence-electron chi connectivity index (χ4n) is 3.44. The van der Waals surface area contributed by atoms with Crippen LogP contribution in [0.5, 0.6) is 17.2 Å². The normalized spacial score (nSPS) is 12.2. The Morgan fingerprint density at radius 2 is 1.93 bits per heavy atom. The Labute approximate surface area is 161 Å². The summed E-state index contributed by atoms with van der Waals surface area (Å²) in [6.45, 7) is 2.49. The molecule has 0 unspecified atom stereocenters. The van der Waals surface area contributed by atoms with Gasteiger partial charge >= 0.3 is 0 Å². The smallest absolute Gasteiger partial charge is 0.254 e. The van der Waals surface area contributed by atoms with Gasteiger partial charge in [0.1, 0.15) is 5.75 Å². The summed E-state index contributed by atoms with van der Waals surface area (Å²) in [5.74, 6) is 1.02. The van der Waals surface area contributed by atoms with Crippen LogP contribution in [0, 0.1) is 0 Å². The van der Waals surface area contributed by atoms with Gasteiger partial charge in [0.05, 0.1) is 5.56 Å². The van der Waals surface area contributed by atoms with Crippen molar-refractivity contribution >= 4 is 23.0 Å². The van der Waals surface area contributed by atoms with Crippen LogP contribution in [0.4, 0.5) is 0 Å². The molecule has 0 spiro atoms. The fraction of sp³-hybridized carbons (Fsp3) is 0.182. The third kappa shape index (κ3) is 2.74. The number of fused-ring (bicyclic) bond motifs is 3. The Morgan fingerprint density at radius 3 is 2.61 bits per heavy atom. The zero-order valence-electron chi connectivity index (χ0n) is 15.6. The maximum absolute atomic E-state index is 12.9. The molecule has 1 aliphatic heterocycles. The highest BCUT2D eigenvalue weighted by Crippen LogP contribution is 2.46. The third-order valence-corrected chi connectivity index (χ3v) is 5.01. The number of carbonyl (C=O) groups excluding carboxylic acids is 2. The second-order valence-electron chi connectivity index (χ2n) is 6.59. The number of aromatic hydroxyl groups is 1. The van der Waals surface area contributed by atoms with E-state index in [-0.39, 0.29) is 24.0 Å². The number of phenols is 1. The maximum atomic E-state index is 12.9. The van der Waals surface area contributed by atoms with Crippen molar-refractivity contribution in [1.82, 2.24) is 4.90 Å². The zero-order chi connectivity index (χ0) is 19.8. The second-order valence-corrected chi connectivity index (χ2v) is 6.59. The van der Waals surface area contributed by atoms with Gasteiger partial charge in [0.15, 0.2) is 17.8 Å². The molecular formula is C22H19NO5. The Balaban J connectivity index is 2.12. The van der Waals surface area contributed by atoms with E-state index in [4.69, 9.17) is 9.47 Å². The topological polar surface area (TPSA) is 76.1 Å². The van der Waals surface area contributed by atoms with Crippen molar-refractivity contribution < 1.29 is 24.2 Å². The van der Waals surface area contributed by atoms with Crippen molar-refractivity contribution in [1.29, 1.82) is 0 Å². The number of benzene rings is 3. The highest BCUT2D eigenvalue weighted by molar-refractivity contribution is 6.15. The van der Waals surface area contributed by atoms with Gasteiger partial charge in [-0.15, -0.1) is 0 Å². The van der Waals surface area contributed by atoms with Crippen LogP contribution in [0.15, 0.2) is 42.5 Å². The van der Waals surface area contributed by atoms with Crippen LogP contribution in [0.1, 0.15) is 27.6 Å². The number of rotatable bonds is 4. The minimum Gasteiger partial charge on any atom is -0.508 e. The summed E-state index contributed by atoms with van der Waals surface area (Å²) >= 11 is 0. The quantitative estimate of drug-likeness (QED) is 0.699.